The van der Waals surface area contributed by atoms with Gasteiger partial charge in [0.2, 0.25) is 0 Å². The molecule has 0 aliphatic carbocycles. The zero-order valence-electron chi connectivity index (χ0n) is 15.8. The van der Waals surface area contributed by atoms with Crippen LogP contribution in [0.3, 0.4) is 0 Å². The molecule has 0 aliphatic rings. The van der Waals surface area contributed by atoms with Crippen molar-refractivity contribution in [2.24, 2.45) is 0 Å². The van der Waals surface area contributed by atoms with E-state index in [1.54, 1.807) is 31.3 Å². The van der Waals surface area contributed by atoms with Crippen LogP contribution in [0.2, 0.25) is 0 Å². The SMILES string of the molecule is C=CCc1cccc(N(C)CC)c1.C=CS(=O)(=O)c1ccc(NC)cc1. The second-order valence-corrected chi connectivity index (χ2v) is 7.56. The van der Waals surface area contributed by atoms with Gasteiger partial charge in [-0.1, -0.05) is 24.8 Å². The minimum absolute atomic E-state index is 0.265. The van der Waals surface area contributed by atoms with Crippen molar-refractivity contribution in [3.63, 3.8) is 0 Å². The lowest BCUT2D eigenvalue weighted by molar-refractivity contribution is 0.605. The summed E-state index contributed by atoms with van der Waals surface area (Å²) < 4.78 is 22.5. The number of benzene rings is 2. The third-order valence-electron chi connectivity index (χ3n) is 3.90. The Bertz CT molecular complexity index is 812. The first kappa shape index (κ1) is 21.5. The minimum atomic E-state index is -3.29. The second-order valence-electron chi connectivity index (χ2n) is 5.66. The maximum atomic E-state index is 11.3. The normalized spacial score (nSPS) is 10.3. The summed E-state index contributed by atoms with van der Waals surface area (Å²) in [6.45, 7) is 10.2. The molecule has 0 spiro atoms. The van der Waals surface area contributed by atoms with E-state index >= 15 is 0 Å². The molecular formula is C21H28N2O2S. The van der Waals surface area contributed by atoms with Crippen LogP contribution in [0.4, 0.5) is 11.4 Å². The highest BCUT2D eigenvalue weighted by molar-refractivity contribution is 7.94. The fourth-order valence-electron chi connectivity index (χ4n) is 2.18. The molecule has 0 saturated carbocycles. The largest absolute Gasteiger partial charge is 0.388 e. The Hall–Kier alpha value is -2.53. The molecule has 1 N–H and O–H groups in total. The molecule has 0 radical (unpaired) electrons. The van der Waals surface area contributed by atoms with Gasteiger partial charge in [0.1, 0.15) is 0 Å². The number of rotatable bonds is 7. The first-order valence-corrected chi connectivity index (χ1v) is 9.98. The monoisotopic (exact) mass is 372 g/mol. The van der Waals surface area contributed by atoms with Crippen LogP contribution in [-0.2, 0) is 16.3 Å². The highest BCUT2D eigenvalue weighted by Gasteiger charge is 2.07. The summed E-state index contributed by atoms with van der Waals surface area (Å²) in [6.07, 6.45) is 2.89. The van der Waals surface area contributed by atoms with Crippen molar-refractivity contribution in [1.82, 2.24) is 0 Å². The van der Waals surface area contributed by atoms with Crippen molar-refractivity contribution in [2.45, 2.75) is 18.2 Å². The van der Waals surface area contributed by atoms with Gasteiger partial charge in [-0.15, -0.1) is 6.58 Å². The molecule has 4 nitrogen and oxygen atoms in total. The Balaban J connectivity index is 0.000000260. The molecule has 140 valence electrons. The van der Waals surface area contributed by atoms with Gasteiger partial charge in [-0.05, 0) is 55.3 Å². The third kappa shape index (κ3) is 6.41. The molecule has 0 amide bonds. The fraction of sp³-hybridized carbons (Fsp3) is 0.238. The summed E-state index contributed by atoms with van der Waals surface area (Å²) >= 11 is 0. The number of nitrogens with zero attached hydrogens (tertiary/aromatic N) is 1. The number of anilines is 2. The molecule has 0 aromatic heterocycles. The van der Waals surface area contributed by atoms with E-state index in [1.807, 2.05) is 6.08 Å². The van der Waals surface area contributed by atoms with E-state index in [9.17, 15) is 8.42 Å². The third-order valence-corrected chi connectivity index (χ3v) is 5.26. The number of hydrogen-bond acceptors (Lipinski definition) is 4. The number of hydrogen-bond donors (Lipinski definition) is 1. The fourth-order valence-corrected chi connectivity index (χ4v) is 2.89. The van der Waals surface area contributed by atoms with E-state index in [4.69, 9.17) is 0 Å². The second kappa shape index (κ2) is 10.5. The summed E-state index contributed by atoms with van der Waals surface area (Å²) in [5.74, 6) is 0. The van der Waals surface area contributed by atoms with Gasteiger partial charge in [0.25, 0.3) is 0 Å². The molecule has 0 aliphatic heterocycles. The van der Waals surface area contributed by atoms with Gasteiger partial charge in [-0.3, -0.25) is 0 Å². The smallest absolute Gasteiger partial charge is 0.199 e. The Kier molecular flexibility index (Phi) is 8.65. The Morgan fingerprint density at radius 3 is 2.27 bits per heavy atom. The quantitative estimate of drug-likeness (QED) is 0.726. The molecular weight excluding hydrogens is 344 g/mol. The van der Waals surface area contributed by atoms with Crippen molar-refractivity contribution >= 4 is 21.2 Å². The van der Waals surface area contributed by atoms with Crippen LogP contribution in [0.25, 0.3) is 0 Å². The lowest BCUT2D eigenvalue weighted by atomic mass is 10.1. The number of sulfone groups is 1. The molecule has 0 atom stereocenters. The van der Waals surface area contributed by atoms with Gasteiger partial charge < -0.3 is 10.2 Å². The number of allylic oxidation sites excluding steroid dienone is 1. The van der Waals surface area contributed by atoms with Gasteiger partial charge in [-0.25, -0.2) is 8.42 Å². The zero-order valence-corrected chi connectivity index (χ0v) is 16.6. The molecule has 0 unspecified atom stereocenters. The molecule has 2 rings (SSSR count). The highest BCUT2D eigenvalue weighted by atomic mass is 32.2. The van der Waals surface area contributed by atoms with Crippen molar-refractivity contribution < 1.29 is 8.42 Å². The number of nitrogens with one attached hydrogen (secondary N) is 1. The maximum absolute atomic E-state index is 11.3. The average molecular weight is 373 g/mol. The molecule has 2 aromatic rings. The van der Waals surface area contributed by atoms with Gasteiger partial charge in [0.15, 0.2) is 9.84 Å². The Morgan fingerprint density at radius 2 is 1.77 bits per heavy atom. The maximum Gasteiger partial charge on any atom is 0.199 e. The van der Waals surface area contributed by atoms with Crippen LogP contribution in [0, 0.1) is 0 Å². The zero-order chi connectivity index (χ0) is 19.6. The minimum Gasteiger partial charge on any atom is -0.388 e. The van der Waals surface area contributed by atoms with Crippen LogP contribution in [0.1, 0.15) is 12.5 Å². The summed E-state index contributed by atoms with van der Waals surface area (Å²) in [4.78, 5) is 2.49. The summed E-state index contributed by atoms with van der Waals surface area (Å²) in [5, 5.41) is 3.85. The van der Waals surface area contributed by atoms with Gasteiger partial charge in [-0.2, -0.15) is 0 Å². The molecule has 26 heavy (non-hydrogen) atoms. The van der Waals surface area contributed by atoms with E-state index in [1.165, 1.54) is 11.3 Å². The van der Waals surface area contributed by atoms with E-state index < -0.39 is 9.84 Å². The summed E-state index contributed by atoms with van der Waals surface area (Å²) in [7, 11) is 0.592. The first-order valence-electron chi connectivity index (χ1n) is 8.44. The van der Waals surface area contributed by atoms with Gasteiger partial charge in [0.05, 0.1) is 4.90 Å². The average Bonchev–Trinajstić information content (AvgIpc) is 2.68. The Morgan fingerprint density at radius 1 is 1.12 bits per heavy atom. The van der Waals surface area contributed by atoms with E-state index in [0.29, 0.717) is 0 Å². The molecule has 5 heteroatoms. The van der Waals surface area contributed by atoms with E-state index in [-0.39, 0.29) is 4.90 Å². The highest BCUT2D eigenvalue weighted by Crippen LogP contribution is 2.15. The van der Waals surface area contributed by atoms with Crippen LogP contribution in [0.15, 0.2) is 78.1 Å². The molecule has 0 fully saturated rings. The standard InChI is InChI=1S/C12H17N.C9H11NO2S/c1-4-7-11-8-6-9-12(10-11)13(3)5-2;1-3-13(11,12)9-6-4-8(10-2)5-7-9/h4,6,8-10H,1,5,7H2,2-3H3;3-7,10H,1H2,2H3. The lowest BCUT2D eigenvalue weighted by Gasteiger charge is -2.17. The van der Waals surface area contributed by atoms with Crippen LogP contribution in [0.5, 0.6) is 0 Å². The van der Waals surface area contributed by atoms with E-state index in [0.717, 1.165) is 24.1 Å². The molecule has 0 heterocycles. The van der Waals surface area contributed by atoms with Gasteiger partial charge >= 0.3 is 0 Å². The predicted octanol–water partition coefficient (Wildman–Crippen LogP) is 4.52. The molecule has 0 saturated heterocycles. The van der Waals surface area contributed by atoms with Crippen LogP contribution < -0.4 is 10.2 Å². The topological polar surface area (TPSA) is 49.4 Å². The van der Waals surface area contributed by atoms with Crippen molar-refractivity contribution in [3.8, 4) is 0 Å². The Labute approximate surface area is 157 Å². The van der Waals surface area contributed by atoms with Crippen LogP contribution >= 0.6 is 0 Å². The van der Waals surface area contributed by atoms with Gasteiger partial charge in [0, 0.05) is 37.4 Å². The van der Waals surface area contributed by atoms with Crippen molar-refractivity contribution in [1.29, 1.82) is 0 Å². The predicted molar refractivity (Wildman–Crippen MR) is 113 cm³/mol. The summed E-state index contributed by atoms with van der Waals surface area (Å²) in [6, 6.07) is 15.1. The summed E-state index contributed by atoms with van der Waals surface area (Å²) in [5.41, 5.74) is 3.48. The molecule has 0 bridgehead atoms. The van der Waals surface area contributed by atoms with Crippen molar-refractivity contribution in [2.75, 3.05) is 30.9 Å². The van der Waals surface area contributed by atoms with Crippen LogP contribution in [-0.4, -0.2) is 29.1 Å². The first-order chi connectivity index (χ1) is 12.4. The van der Waals surface area contributed by atoms with E-state index in [2.05, 4.69) is 61.6 Å². The molecule has 2 aromatic carbocycles. The van der Waals surface area contributed by atoms with Crippen molar-refractivity contribution in [3.05, 3.63) is 78.7 Å². The lowest BCUT2D eigenvalue weighted by Crippen LogP contribution is -2.15.